The zero-order chi connectivity index (χ0) is 12.2. The Hall–Kier alpha value is -1.56. The second kappa shape index (κ2) is 4.98. The highest BCUT2D eigenvalue weighted by Crippen LogP contribution is 2.21. The van der Waals surface area contributed by atoms with E-state index < -0.39 is 0 Å². The quantitative estimate of drug-likeness (QED) is 0.444. The van der Waals surface area contributed by atoms with E-state index in [1.54, 1.807) is 6.07 Å². The van der Waals surface area contributed by atoms with Gasteiger partial charge in [0.05, 0.1) is 0 Å². The third-order valence-corrected chi connectivity index (χ3v) is 2.88. The lowest BCUT2D eigenvalue weighted by molar-refractivity contribution is 0.477. The van der Waals surface area contributed by atoms with Gasteiger partial charge in [-0.05, 0) is 19.8 Å². The standard InChI is InChI=1S/C10H20N6/c1-4-10(3,5-2)15-7-6-8(16-12)14-9(11)13-7/h6H,4-5,12H2,1-3H3,(H4,11,13,14,15,16). The summed E-state index contributed by atoms with van der Waals surface area (Å²) in [6, 6.07) is 1.74. The topological polar surface area (TPSA) is 102 Å². The van der Waals surface area contributed by atoms with Gasteiger partial charge in [-0.3, -0.25) is 0 Å². The largest absolute Gasteiger partial charge is 0.368 e. The van der Waals surface area contributed by atoms with Gasteiger partial charge >= 0.3 is 0 Å². The summed E-state index contributed by atoms with van der Waals surface area (Å²) < 4.78 is 0. The van der Waals surface area contributed by atoms with Gasteiger partial charge in [0.15, 0.2) is 0 Å². The van der Waals surface area contributed by atoms with Crippen LogP contribution in [0.2, 0.25) is 0 Å². The average Bonchev–Trinajstić information content (AvgIpc) is 2.28. The minimum Gasteiger partial charge on any atom is -0.368 e. The third kappa shape index (κ3) is 2.96. The lowest BCUT2D eigenvalue weighted by atomic mass is 9.96. The monoisotopic (exact) mass is 224 g/mol. The maximum atomic E-state index is 5.58. The maximum Gasteiger partial charge on any atom is 0.223 e. The highest BCUT2D eigenvalue weighted by Gasteiger charge is 2.19. The highest BCUT2D eigenvalue weighted by molar-refractivity contribution is 5.51. The normalized spacial score (nSPS) is 11.2. The van der Waals surface area contributed by atoms with Crippen molar-refractivity contribution in [1.29, 1.82) is 0 Å². The second-order valence-electron chi connectivity index (χ2n) is 4.03. The van der Waals surface area contributed by atoms with Crippen LogP contribution in [0.4, 0.5) is 17.6 Å². The number of nitrogen functional groups attached to an aromatic ring is 2. The SMILES string of the molecule is CCC(C)(CC)Nc1cc(NN)nc(N)n1. The van der Waals surface area contributed by atoms with Gasteiger partial charge < -0.3 is 16.5 Å². The minimum absolute atomic E-state index is 0.00661. The van der Waals surface area contributed by atoms with Gasteiger partial charge in [-0.25, -0.2) is 5.84 Å². The molecule has 6 nitrogen and oxygen atoms in total. The smallest absolute Gasteiger partial charge is 0.223 e. The molecule has 90 valence electrons. The molecule has 6 N–H and O–H groups in total. The fourth-order valence-corrected chi connectivity index (χ4v) is 1.34. The van der Waals surface area contributed by atoms with E-state index in [2.05, 4.69) is 41.5 Å². The molecule has 1 aromatic heterocycles. The number of anilines is 3. The van der Waals surface area contributed by atoms with Gasteiger partial charge in [-0.15, -0.1) is 0 Å². The minimum atomic E-state index is 0.00661. The molecule has 0 saturated carbocycles. The maximum absolute atomic E-state index is 5.58. The van der Waals surface area contributed by atoms with Crippen molar-refractivity contribution in [1.82, 2.24) is 9.97 Å². The summed E-state index contributed by atoms with van der Waals surface area (Å²) in [7, 11) is 0. The number of nitrogens with one attached hydrogen (secondary N) is 2. The van der Waals surface area contributed by atoms with Crippen LogP contribution in [0.5, 0.6) is 0 Å². The van der Waals surface area contributed by atoms with E-state index in [4.69, 9.17) is 11.6 Å². The molecule has 0 aliphatic rings. The van der Waals surface area contributed by atoms with Crippen molar-refractivity contribution >= 4 is 17.6 Å². The summed E-state index contributed by atoms with van der Waals surface area (Å²) in [5.74, 6) is 6.69. The fraction of sp³-hybridized carbons (Fsp3) is 0.600. The number of hydrogen-bond acceptors (Lipinski definition) is 6. The van der Waals surface area contributed by atoms with Crippen molar-refractivity contribution in [2.45, 2.75) is 39.2 Å². The first-order chi connectivity index (χ1) is 7.53. The molecule has 0 aliphatic carbocycles. The summed E-state index contributed by atoms with van der Waals surface area (Å²) in [6.45, 7) is 6.40. The summed E-state index contributed by atoms with van der Waals surface area (Å²) in [5.41, 5.74) is 8.04. The third-order valence-electron chi connectivity index (χ3n) is 2.88. The highest BCUT2D eigenvalue weighted by atomic mass is 15.3. The molecule has 16 heavy (non-hydrogen) atoms. The van der Waals surface area contributed by atoms with E-state index in [0.717, 1.165) is 12.8 Å². The molecule has 0 atom stereocenters. The van der Waals surface area contributed by atoms with Gasteiger partial charge in [0.1, 0.15) is 11.6 Å². The molecule has 1 rings (SSSR count). The van der Waals surface area contributed by atoms with E-state index in [9.17, 15) is 0 Å². The van der Waals surface area contributed by atoms with Crippen molar-refractivity contribution in [3.05, 3.63) is 6.07 Å². The first-order valence-corrected chi connectivity index (χ1v) is 5.42. The molecule has 1 aromatic rings. The lowest BCUT2D eigenvalue weighted by Crippen LogP contribution is -2.33. The van der Waals surface area contributed by atoms with Crippen LogP contribution >= 0.6 is 0 Å². The molecule has 6 heteroatoms. The lowest BCUT2D eigenvalue weighted by Gasteiger charge is -2.29. The molecule has 0 aliphatic heterocycles. The van der Waals surface area contributed by atoms with Crippen molar-refractivity contribution in [2.24, 2.45) is 5.84 Å². The van der Waals surface area contributed by atoms with Gasteiger partial charge in [0.25, 0.3) is 0 Å². The van der Waals surface area contributed by atoms with Crippen LogP contribution in [0.15, 0.2) is 6.07 Å². The Balaban J connectivity index is 2.92. The molecule has 0 fully saturated rings. The van der Waals surface area contributed by atoms with Crippen LogP contribution in [0.25, 0.3) is 0 Å². The van der Waals surface area contributed by atoms with E-state index in [1.807, 2.05) is 0 Å². The molecule has 0 spiro atoms. The number of aromatic nitrogens is 2. The van der Waals surface area contributed by atoms with Crippen molar-refractivity contribution in [3.63, 3.8) is 0 Å². The molecule has 0 amide bonds. The summed E-state index contributed by atoms with van der Waals surface area (Å²) in [4.78, 5) is 8.05. The van der Waals surface area contributed by atoms with Crippen molar-refractivity contribution in [2.75, 3.05) is 16.5 Å². The zero-order valence-electron chi connectivity index (χ0n) is 10.0. The summed E-state index contributed by atoms with van der Waals surface area (Å²) >= 11 is 0. The Bertz CT molecular complexity index is 347. The van der Waals surface area contributed by atoms with Crippen LogP contribution < -0.4 is 22.3 Å². The molecular weight excluding hydrogens is 204 g/mol. The van der Waals surface area contributed by atoms with Crippen molar-refractivity contribution in [3.8, 4) is 0 Å². The van der Waals surface area contributed by atoms with Crippen LogP contribution in [-0.4, -0.2) is 15.5 Å². The first kappa shape index (κ1) is 12.5. The molecule has 0 radical (unpaired) electrons. The van der Waals surface area contributed by atoms with Crippen LogP contribution in [0.3, 0.4) is 0 Å². The van der Waals surface area contributed by atoms with Crippen LogP contribution in [0.1, 0.15) is 33.6 Å². The van der Waals surface area contributed by atoms with E-state index in [1.165, 1.54) is 0 Å². The summed E-state index contributed by atoms with van der Waals surface area (Å²) in [6.07, 6.45) is 2.00. The Labute approximate surface area is 95.8 Å². The Morgan fingerprint density at radius 2 is 1.81 bits per heavy atom. The number of rotatable bonds is 5. The molecule has 1 heterocycles. The summed E-state index contributed by atoms with van der Waals surface area (Å²) in [5, 5.41) is 3.34. The van der Waals surface area contributed by atoms with Gasteiger partial charge in [-0.2, -0.15) is 9.97 Å². The number of hydrazine groups is 1. The number of hydrogen-bond donors (Lipinski definition) is 4. The zero-order valence-corrected chi connectivity index (χ0v) is 10.0. The molecule has 0 aromatic carbocycles. The predicted molar refractivity (Wildman–Crippen MR) is 66.9 cm³/mol. The van der Waals surface area contributed by atoms with Crippen molar-refractivity contribution < 1.29 is 0 Å². The average molecular weight is 224 g/mol. The molecule has 0 bridgehead atoms. The van der Waals surface area contributed by atoms with Crippen LogP contribution in [0, 0.1) is 0 Å². The number of nitrogens with zero attached hydrogens (tertiary/aromatic N) is 2. The number of nitrogens with two attached hydrogens (primary N) is 2. The predicted octanol–water partition coefficient (Wildman–Crippen LogP) is 1.33. The molecule has 0 unspecified atom stereocenters. The Morgan fingerprint density at radius 3 is 2.31 bits per heavy atom. The molecule has 0 saturated heterocycles. The molecular formula is C10H20N6. The van der Waals surface area contributed by atoms with Gasteiger partial charge in [-0.1, -0.05) is 13.8 Å². The first-order valence-electron chi connectivity index (χ1n) is 5.42. The fourth-order valence-electron chi connectivity index (χ4n) is 1.34. The van der Waals surface area contributed by atoms with E-state index >= 15 is 0 Å². The van der Waals surface area contributed by atoms with E-state index in [0.29, 0.717) is 11.6 Å². The second-order valence-corrected chi connectivity index (χ2v) is 4.03. The van der Waals surface area contributed by atoms with Gasteiger partial charge in [0.2, 0.25) is 5.95 Å². The Kier molecular flexibility index (Phi) is 3.89. The van der Waals surface area contributed by atoms with E-state index in [-0.39, 0.29) is 11.5 Å². The van der Waals surface area contributed by atoms with Gasteiger partial charge in [0, 0.05) is 11.6 Å². The Morgan fingerprint density at radius 1 is 1.25 bits per heavy atom. The van der Waals surface area contributed by atoms with Crippen LogP contribution in [-0.2, 0) is 0 Å².